The Bertz CT molecular complexity index is 1800. The monoisotopic (exact) mass is 643 g/mol. The van der Waals surface area contributed by atoms with Gasteiger partial charge in [0.1, 0.15) is 23.2 Å². The predicted molar refractivity (Wildman–Crippen MR) is 195 cm³/mol. The van der Waals surface area contributed by atoms with Crippen LogP contribution < -0.4 is 15.9 Å². The number of rotatable bonds is 5. The molecular weight excluding hydrogens is 603 g/mol. The van der Waals surface area contributed by atoms with E-state index in [4.69, 9.17) is 0 Å². The first-order chi connectivity index (χ1) is 20.5. The normalized spacial score (nSPS) is 12.6. The van der Waals surface area contributed by atoms with Crippen LogP contribution >= 0.6 is 23.2 Å². The van der Waals surface area contributed by atoms with E-state index >= 15 is 0 Å². The summed E-state index contributed by atoms with van der Waals surface area (Å²) in [6.07, 6.45) is 0.956. The highest BCUT2D eigenvalue weighted by Crippen LogP contribution is 2.59. The minimum atomic E-state index is -2.05. The second-order valence-electron chi connectivity index (χ2n) is 13.8. The van der Waals surface area contributed by atoms with E-state index in [1.807, 2.05) is 0 Å². The lowest BCUT2D eigenvalue weighted by Crippen LogP contribution is -2.32. The second kappa shape index (κ2) is 11.4. The summed E-state index contributed by atoms with van der Waals surface area (Å²) in [5, 5.41) is 9.62. The Balaban J connectivity index is 1.72. The number of hydrogen-bond donors (Lipinski definition) is 0. The van der Waals surface area contributed by atoms with Gasteiger partial charge in [0.15, 0.2) is 0 Å². The molecule has 0 aliphatic heterocycles. The molecular formula is C41H41BrP+. The summed E-state index contributed by atoms with van der Waals surface area (Å²) in [4.78, 5) is 0. The van der Waals surface area contributed by atoms with Gasteiger partial charge in [-0.05, 0) is 97.6 Å². The molecule has 0 nitrogen and oxygen atoms in total. The van der Waals surface area contributed by atoms with E-state index in [-0.39, 0.29) is 10.8 Å². The van der Waals surface area contributed by atoms with Gasteiger partial charge in [0.25, 0.3) is 0 Å². The van der Waals surface area contributed by atoms with Crippen LogP contribution in [0.15, 0.2) is 132 Å². The van der Waals surface area contributed by atoms with Gasteiger partial charge in [0.05, 0.1) is 6.16 Å². The number of fused-ring (bicyclic) bond motifs is 3. The number of hydrogen-bond acceptors (Lipinski definition) is 0. The summed E-state index contributed by atoms with van der Waals surface area (Å²) in [6, 6.07) is 48.1. The quantitative estimate of drug-likeness (QED) is 0.129. The molecule has 0 aliphatic rings. The molecule has 0 saturated carbocycles. The van der Waals surface area contributed by atoms with Crippen LogP contribution in [0, 0.1) is 0 Å². The zero-order chi connectivity index (χ0) is 30.4. The van der Waals surface area contributed by atoms with E-state index in [2.05, 4.69) is 185 Å². The summed E-state index contributed by atoms with van der Waals surface area (Å²) in [7, 11) is -2.05. The van der Waals surface area contributed by atoms with E-state index in [9.17, 15) is 0 Å². The molecule has 2 heteroatoms. The van der Waals surface area contributed by atoms with Crippen molar-refractivity contribution in [3.63, 3.8) is 0 Å². The molecule has 0 bridgehead atoms. The Morgan fingerprint density at radius 3 is 1.47 bits per heavy atom. The van der Waals surface area contributed by atoms with Crippen LogP contribution in [0.1, 0.15) is 58.2 Å². The fraction of sp³-hybridized carbons (Fsp3) is 0.220. The largest absolute Gasteiger partial charge is 0.116 e. The lowest BCUT2D eigenvalue weighted by Gasteiger charge is -2.30. The molecule has 0 unspecified atom stereocenters. The van der Waals surface area contributed by atoms with Crippen molar-refractivity contribution >= 4 is 60.7 Å². The van der Waals surface area contributed by atoms with Crippen LogP contribution in [0.25, 0.3) is 21.5 Å². The maximum atomic E-state index is 3.97. The van der Waals surface area contributed by atoms with Crippen LogP contribution in [0.5, 0.6) is 0 Å². The topological polar surface area (TPSA) is 0 Å². The third-order valence-corrected chi connectivity index (χ3v) is 13.8. The van der Waals surface area contributed by atoms with Gasteiger partial charge in [0.2, 0.25) is 0 Å². The summed E-state index contributed by atoms with van der Waals surface area (Å²) in [5.74, 6) is 0. The Kier molecular flexibility index (Phi) is 7.87. The minimum Gasteiger partial charge on any atom is -0.0620 e. The zero-order valence-corrected chi connectivity index (χ0v) is 28.6. The van der Waals surface area contributed by atoms with Crippen molar-refractivity contribution in [1.82, 2.24) is 0 Å². The minimum absolute atomic E-state index is 0.000200. The average molecular weight is 645 g/mol. The molecule has 6 rings (SSSR count). The molecule has 0 atom stereocenters. The Morgan fingerprint density at radius 1 is 0.512 bits per heavy atom. The summed E-state index contributed by atoms with van der Waals surface area (Å²) in [6.45, 7) is 14.0. The highest BCUT2D eigenvalue weighted by atomic mass is 79.9. The third kappa shape index (κ3) is 5.48. The molecule has 216 valence electrons. The van der Waals surface area contributed by atoms with E-state index in [0.717, 1.165) is 6.16 Å². The summed E-state index contributed by atoms with van der Waals surface area (Å²) in [5.41, 5.74) is 4.21. The maximum absolute atomic E-state index is 3.97. The molecule has 6 aromatic carbocycles. The fourth-order valence-electron chi connectivity index (χ4n) is 6.52. The molecule has 0 aliphatic carbocycles. The first kappa shape index (κ1) is 29.8. The van der Waals surface area contributed by atoms with Crippen molar-refractivity contribution in [3.8, 4) is 0 Å². The van der Waals surface area contributed by atoms with E-state index in [1.54, 1.807) is 0 Å². The van der Waals surface area contributed by atoms with Crippen molar-refractivity contribution in [2.75, 3.05) is 0 Å². The van der Waals surface area contributed by atoms with Gasteiger partial charge in [-0.3, -0.25) is 0 Å². The first-order valence-corrected chi connectivity index (χ1v) is 18.0. The van der Waals surface area contributed by atoms with Crippen LogP contribution in [-0.4, -0.2) is 0 Å². The van der Waals surface area contributed by atoms with Crippen molar-refractivity contribution in [2.45, 2.75) is 58.5 Å². The molecule has 0 N–H and O–H groups in total. The zero-order valence-electron chi connectivity index (χ0n) is 26.2. The van der Waals surface area contributed by atoms with Crippen molar-refractivity contribution in [1.29, 1.82) is 0 Å². The molecule has 0 aromatic heterocycles. The molecule has 6 aromatic rings. The Morgan fingerprint density at radius 2 is 1.00 bits per heavy atom. The molecule has 0 spiro atoms. The van der Waals surface area contributed by atoms with Crippen molar-refractivity contribution in [2.24, 2.45) is 0 Å². The lowest BCUT2D eigenvalue weighted by atomic mass is 9.80. The van der Waals surface area contributed by atoms with Gasteiger partial charge in [-0.2, -0.15) is 0 Å². The first-order valence-electron chi connectivity index (χ1n) is 15.2. The molecule has 0 amide bonds. The van der Waals surface area contributed by atoms with Gasteiger partial charge in [-0.15, -0.1) is 0 Å². The smallest absolute Gasteiger partial charge is 0.0620 e. The van der Waals surface area contributed by atoms with Crippen LogP contribution in [0.2, 0.25) is 0 Å². The van der Waals surface area contributed by atoms with Crippen LogP contribution in [-0.2, 0) is 17.0 Å². The highest BCUT2D eigenvalue weighted by Gasteiger charge is 2.45. The van der Waals surface area contributed by atoms with Crippen molar-refractivity contribution in [3.05, 3.63) is 149 Å². The van der Waals surface area contributed by atoms with Gasteiger partial charge >= 0.3 is 0 Å². The molecule has 43 heavy (non-hydrogen) atoms. The standard InChI is InChI=1S/C41H41BrP/c1-40(2,3)30-26-36-35(38(42)27-30)24-23-34-29(22-25-37(39(34)36)41(4,5)6)28-43(31-16-10-7-11-17-31,32-18-12-8-13-19-32)33-20-14-9-15-21-33/h7-27H,28H2,1-6H3/q+1. The SMILES string of the molecule is CC(C)(C)c1cc(Br)c2ccc3c(C[P+](c4ccccc4)(c4ccccc4)c4ccccc4)ccc(C(C)(C)C)c3c2c1. The predicted octanol–water partition coefficient (Wildman–Crippen LogP) is 10.8. The highest BCUT2D eigenvalue weighted by molar-refractivity contribution is 9.10. The van der Waals surface area contributed by atoms with E-state index in [0.29, 0.717) is 0 Å². The lowest BCUT2D eigenvalue weighted by molar-refractivity contribution is 0.590. The molecule has 0 fully saturated rings. The fourth-order valence-corrected chi connectivity index (χ4v) is 11.4. The average Bonchev–Trinajstić information content (AvgIpc) is 3.00. The summed E-state index contributed by atoms with van der Waals surface area (Å²) < 4.78 is 1.17. The van der Waals surface area contributed by atoms with Crippen molar-refractivity contribution < 1.29 is 0 Å². The van der Waals surface area contributed by atoms with E-state index < -0.39 is 7.26 Å². The molecule has 0 radical (unpaired) electrons. The Labute approximate surface area is 266 Å². The number of halogens is 1. The third-order valence-electron chi connectivity index (χ3n) is 8.82. The summed E-state index contributed by atoms with van der Waals surface area (Å²) >= 11 is 3.97. The van der Waals surface area contributed by atoms with Gasteiger partial charge in [-0.25, -0.2) is 0 Å². The van der Waals surface area contributed by atoms with Gasteiger partial charge in [0, 0.05) is 4.47 Å². The van der Waals surface area contributed by atoms with Crippen LogP contribution in [0.4, 0.5) is 0 Å². The van der Waals surface area contributed by atoms with Gasteiger partial charge < -0.3 is 0 Å². The molecule has 0 heterocycles. The molecule has 0 saturated heterocycles. The van der Waals surface area contributed by atoms with Gasteiger partial charge in [-0.1, -0.05) is 136 Å². The van der Waals surface area contributed by atoms with Crippen LogP contribution in [0.3, 0.4) is 0 Å². The number of benzene rings is 6. The van der Waals surface area contributed by atoms with E-state index in [1.165, 1.54) is 58.6 Å². The maximum Gasteiger partial charge on any atom is 0.116 e. The Hall–Kier alpha value is -3.25. The second-order valence-corrected chi connectivity index (χ2v) is 18.1.